The van der Waals surface area contributed by atoms with Gasteiger partial charge in [-0.05, 0) is 53.6 Å². The summed E-state index contributed by atoms with van der Waals surface area (Å²) in [5.74, 6) is -1.08. The molecule has 0 atom stereocenters. The number of hydrogen-bond acceptors (Lipinski definition) is 5. The number of carbonyl (C=O) groups is 2. The molecule has 0 radical (unpaired) electrons. The number of unbranched alkanes of at least 4 members (excludes halogenated alkanes) is 1. The van der Waals surface area contributed by atoms with Crippen molar-refractivity contribution < 1.29 is 14.3 Å². The second kappa shape index (κ2) is 13.3. The first kappa shape index (κ1) is 30.2. The summed E-state index contributed by atoms with van der Waals surface area (Å²) in [4.78, 5) is 26.2. The molecular formula is C25H30Cl2N6O3. The molecule has 3 aromatic rings. The Morgan fingerprint density at radius 3 is 2.11 bits per heavy atom. The quantitative estimate of drug-likeness (QED) is 0.121. The Bertz CT molecular complexity index is 1260. The summed E-state index contributed by atoms with van der Waals surface area (Å²) >= 11 is 0. The number of nitrogens with zero attached hydrogens (tertiary/aromatic N) is 1. The van der Waals surface area contributed by atoms with E-state index in [1.165, 1.54) is 0 Å². The number of carbonyl (C=O) groups excluding carboxylic acids is 2. The van der Waals surface area contributed by atoms with Gasteiger partial charge in [-0.3, -0.25) is 15.6 Å². The van der Waals surface area contributed by atoms with Crippen LogP contribution in [0.25, 0.3) is 10.8 Å². The van der Waals surface area contributed by atoms with Crippen LogP contribution >= 0.6 is 24.8 Å². The topological polar surface area (TPSA) is 172 Å². The summed E-state index contributed by atoms with van der Waals surface area (Å²) < 4.78 is 5.64. The van der Waals surface area contributed by atoms with Gasteiger partial charge in [-0.1, -0.05) is 31.5 Å². The van der Waals surface area contributed by atoms with E-state index in [-0.39, 0.29) is 48.8 Å². The molecule has 3 aromatic carbocycles. The van der Waals surface area contributed by atoms with Crippen LogP contribution < -0.4 is 26.8 Å². The number of amidine groups is 1. The molecule has 9 nitrogen and oxygen atoms in total. The molecule has 0 unspecified atom stereocenters. The number of amides is 1. The number of benzene rings is 3. The highest BCUT2D eigenvalue weighted by Crippen LogP contribution is 2.30. The van der Waals surface area contributed by atoms with Gasteiger partial charge >= 0.3 is 5.97 Å². The predicted molar refractivity (Wildman–Crippen MR) is 148 cm³/mol. The van der Waals surface area contributed by atoms with Gasteiger partial charge in [0.15, 0.2) is 5.96 Å². The highest BCUT2D eigenvalue weighted by molar-refractivity contribution is 6.01. The lowest BCUT2D eigenvalue weighted by Gasteiger charge is -2.22. The molecule has 1 amide bonds. The molecule has 0 aliphatic carbocycles. The van der Waals surface area contributed by atoms with Crippen LogP contribution in [0, 0.1) is 10.8 Å². The second-order valence-corrected chi connectivity index (χ2v) is 7.86. The zero-order valence-electron chi connectivity index (χ0n) is 19.7. The van der Waals surface area contributed by atoms with Gasteiger partial charge in [0.2, 0.25) is 5.91 Å². The molecule has 36 heavy (non-hydrogen) atoms. The highest BCUT2D eigenvalue weighted by atomic mass is 35.5. The van der Waals surface area contributed by atoms with Gasteiger partial charge in [0.1, 0.15) is 11.6 Å². The molecule has 8 N–H and O–H groups in total. The van der Waals surface area contributed by atoms with E-state index in [4.69, 9.17) is 32.8 Å². The number of guanidine groups is 1. The smallest absolute Gasteiger partial charge is 0.343 e. The van der Waals surface area contributed by atoms with Crippen LogP contribution in [0.3, 0.4) is 0 Å². The number of esters is 1. The van der Waals surface area contributed by atoms with E-state index in [2.05, 4.69) is 6.92 Å². The SMILES string of the molecule is CCCCN(C(=N)N)c1ccc(C(=O)Oc2ccc3cc(C(=N)N)ccc3c2CC(N)=O)cc1.Cl.Cl. The van der Waals surface area contributed by atoms with Crippen molar-refractivity contribution in [2.24, 2.45) is 17.2 Å². The minimum Gasteiger partial charge on any atom is -0.423 e. The minimum absolute atomic E-state index is 0. The normalized spacial score (nSPS) is 10.0. The van der Waals surface area contributed by atoms with Gasteiger partial charge in [0.25, 0.3) is 0 Å². The number of rotatable bonds is 9. The number of halogens is 2. The van der Waals surface area contributed by atoms with Crippen LogP contribution in [0.5, 0.6) is 5.75 Å². The Labute approximate surface area is 221 Å². The van der Waals surface area contributed by atoms with Crippen LogP contribution in [-0.4, -0.2) is 30.2 Å². The van der Waals surface area contributed by atoms with Crippen LogP contribution in [0.15, 0.2) is 54.6 Å². The molecule has 0 aliphatic heterocycles. The van der Waals surface area contributed by atoms with Gasteiger partial charge in [-0.2, -0.15) is 0 Å². The summed E-state index contributed by atoms with van der Waals surface area (Å²) in [5, 5.41) is 16.8. The lowest BCUT2D eigenvalue weighted by atomic mass is 9.98. The monoisotopic (exact) mass is 532 g/mol. The van der Waals surface area contributed by atoms with Gasteiger partial charge in [-0.25, -0.2) is 4.79 Å². The molecule has 0 aromatic heterocycles. The van der Waals surface area contributed by atoms with E-state index in [0.29, 0.717) is 34.3 Å². The first-order chi connectivity index (χ1) is 16.2. The standard InChI is InChI=1S/C25H28N6O3.2ClH/c1-2-3-12-31(25(29)30)18-8-4-15(5-9-18)24(33)34-21-11-7-16-13-17(23(27)28)6-10-19(16)20(21)14-22(26)32;;/h4-11,13H,2-3,12,14H2,1H3,(H2,26,32)(H3,27,28)(H3,29,30);2*1H. The zero-order chi connectivity index (χ0) is 24.8. The molecule has 3 rings (SSSR count). The molecule has 0 saturated carbocycles. The van der Waals surface area contributed by atoms with Crippen molar-refractivity contribution in [1.82, 2.24) is 0 Å². The third kappa shape index (κ3) is 7.10. The largest absolute Gasteiger partial charge is 0.423 e. The lowest BCUT2D eigenvalue weighted by molar-refractivity contribution is -0.117. The van der Waals surface area contributed by atoms with E-state index in [9.17, 15) is 9.59 Å². The number of anilines is 1. The summed E-state index contributed by atoms with van der Waals surface area (Å²) in [6.45, 7) is 2.66. The number of ether oxygens (including phenoxy) is 1. The second-order valence-electron chi connectivity index (χ2n) is 7.86. The lowest BCUT2D eigenvalue weighted by Crippen LogP contribution is -2.37. The van der Waals surface area contributed by atoms with Crippen molar-refractivity contribution in [3.63, 3.8) is 0 Å². The van der Waals surface area contributed by atoms with Gasteiger partial charge in [0.05, 0.1) is 12.0 Å². The molecule has 0 heterocycles. The zero-order valence-corrected chi connectivity index (χ0v) is 21.4. The molecule has 0 spiro atoms. The fraction of sp³-hybridized carbons (Fsp3) is 0.200. The average molecular weight is 533 g/mol. The summed E-state index contributed by atoms with van der Waals surface area (Å²) in [6, 6.07) is 15.1. The van der Waals surface area contributed by atoms with Crippen LogP contribution in [0.2, 0.25) is 0 Å². The number of fused-ring (bicyclic) bond motifs is 1. The fourth-order valence-electron chi connectivity index (χ4n) is 3.64. The maximum absolute atomic E-state index is 12.9. The van der Waals surface area contributed by atoms with Crippen LogP contribution in [0.4, 0.5) is 5.69 Å². The van der Waals surface area contributed by atoms with Crippen LogP contribution in [-0.2, 0) is 11.2 Å². The molecule has 0 bridgehead atoms. The Kier molecular flexibility index (Phi) is 11.2. The van der Waals surface area contributed by atoms with Gasteiger partial charge in [-0.15, -0.1) is 24.8 Å². The first-order valence-electron chi connectivity index (χ1n) is 10.8. The van der Waals surface area contributed by atoms with E-state index in [1.807, 2.05) is 0 Å². The predicted octanol–water partition coefficient (Wildman–Crippen LogP) is 3.71. The molecule has 192 valence electrons. The third-order valence-corrected chi connectivity index (χ3v) is 5.39. The number of primary amides is 1. The van der Waals surface area contributed by atoms with E-state index in [1.54, 1.807) is 59.5 Å². The van der Waals surface area contributed by atoms with Crippen molar-refractivity contribution >= 4 is 64.9 Å². The fourth-order valence-corrected chi connectivity index (χ4v) is 3.64. The minimum atomic E-state index is -0.597. The van der Waals surface area contributed by atoms with Crippen molar-refractivity contribution in [2.75, 3.05) is 11.4 Å². The van der Waals surface area contributed by atoms with E-state index < -0.39 is 11.9 Å². The molecule has 0 aliphatic rings. The Morgan fingerprint density at radius 2 is 1.56 bits per heavy atom. The highest BCUT2D eigenvalue weighted by Gasteiger charge is 2.17. The van der Waals surface area contributed by atoms with Crippen molar-refractivity contribution in [1.29, 1.82) is 10.8 Å². The van der Waals surface area contributed by atoms with Gasteiger partial charge in [0, 0.05) is 23.4 Å². The van der Waals surface area contributed by atoms with Crippen molar-refractivity contribution in [3.8, 4) is 5.75 Å². The number of nitrogen functional groups attached to an aromatic ring is 1. The number of hydrogen-bond donors (Lipinski definition) is 5. The average Bonchev–Trinajstić information content (AvgIpc) is 2.80. The third-order valence-electron chi connectivity index (χ3n) is 5.39. The van der Waals surface area contributed by atoms with E-state index >= 15 is 0 Å². The van der Waals surface area contributed by atoms with Crippen molar-refractivity contribution in [3.05, 3.63) is 71.3 Å². The maximum atomic E-state index is 12.9. The molecule has 11 heteroatoms. The maximum Gasteiger partial charge on any atom is 0.343 e. The van der Waals surface area contributed by atoms with Crippen LogP contribution in [0.1, 0.15) is 41.3 Å². The summed E-state index contributed by atoms with van der Waals surface area (Å²) in [7, 11) is 0. The Hall–Kier alpha value is -3.82. The summed E-state index contributed by atoms with van der Waals surface area (Å²) in [5.41, 5.74) is 18.7. The van der Waals surface area contributed by atoms with E-state index in [0.717, 1.165) is 18.2 Å². The van der Waals surface area contributed by atoms with Gasteiger partial charge < -0.3 is 26.8 Å². The summed E-state index contributed by atoms with van der Waals surface area (Å²) in [6.07, 6.45) is 1.72. The molecule has 0 fully saturated rings. The Morgan fingerprint density at radius 1 is 0.917 bits per heavy atom. The Balaban J connectivity index is 0.00000324. The van der Waals surface area contributed by atoms with Crippen molar-refractivity contribution in [2.45, 2.75) is 26.2 Å². The molecular weight excluding hydrogens is 503 g/mol. The number of nitrogens with one attached hydrogen (secondary N) is 2. The number of nitrogens with two attached hydrogens (primary N) is 3. The first-order valence-corrected chi connectivity index (χ1v) is 10.8. The molecule has 0 saturated heterocycles.